The minimum absolute atomic E-state index is 0.0420. The molecule has 2 saturated heterocycles. The van der Waals surface area contributed by atoms with E-state index >= 15 is 0 Å². The Balaban J connectivity index is 1.99. The van der Waals surface area contributed by atoms with Gasteiger partial charge in [0.15, 0.2) is 4.27 Å². The van der Waals surface area contributed by atoms with Crippen molar-refractivity contribution in [1.29, 1.82) is 0 Å². The van der Waals surface area contributed by atoms with Crippen LogP contribution in [0.1, 0.15) is 39.5 Å². The first-order valence-corrected chi connectivity index (χ1v) is 10.4. The monoisotopic (exact) mass is 356 g/mol. The van der Waals surface area contributed by atoms with Gasteiger partial charge >= 0.3 is 0 Å². The highest BCUT2D eigenvalue weighted by Gasteiger charge is 2.45. The highest BCUT2D eigenvalue weighted by atomic mass is 32.2. The Morgan fingerprint density at radius 1 is 1.35 bits per heavy atom. The molecule has 0 aromatic carbocycles. The molecular formula is C18H28O3S2. The van der Waals surface area contributed by atoms with Crippen molar-refractivity contribution in [1.82, 2.24) is 0 Å². The zero-order valence-corrected chi connectivity index (χ0v) is 16.0. The van der Waals surface area contributed by atoms with Crippen molar-refractivity contribution in [2.75, 3.05) is 18.6 Å². The molecule has 1 spiro atoms. The van der Waals surface area contributed by atoms with Gasteiger partial charge < -0.3 is 9.47 Å². The molecule has 5 heteroatoms. The number of methoxy groups -OCH3 is 1. The highest BCUT2D eigenvalue weighted by Crippen LogP contribution is 2.53. The van der Waals surface area contributed by atoms with Crippen LogP contribution in [0.15, 0.2) is 23.8 Å². The summed E-state index contributed by atoms with van der Waals surface area (Å²) in [4.78, 5) is 10.4. The van der Waals surface area contributed by atoms with E-state index in [0.29, 0.717) is 5.92 Å². The normalized spacial score (nSPS) is 29.8. The number of aldehydes is 1. The molecular weight excluding hydrogens is 328 g/mol. The van der Waals surface area contributed by atoms with E-state index in [2.05, 4.69) is 13.8 Å². The van der Waals surface area contributed by atoms with Crippen molar-refractivity contribution >= 4 is 29.8 Å². The molecule has 2 aliphatic rings. The van der Waals surface area contributed by atoms with Crippen LogP contribution < -0.4 is 0 Å². The van der Waals surface area contributed by atoms with E-state index in [1.54, 1.807) is 13.2 Å². The SMILES string of the molecule is CO[C@@H](C[C@@H]1CC[C@@H](C)C2(O1)SCCCS2)/C(C)=C/C=C/C=O. The van der Waals surface area contributed by atoms with E-state index in [9.17, 15) is 4.79 Å². The predicted molar refractivity (Wildman–Crippen MR) is 99.9 cm³/mol. The van der Waals surface area contributed by atoms with E-state index in [0.717, 1.165) is 24.7 Å². The third-order valence-corrected chi connectivity index (χ3v) is 8.06. The molecule has 0 saturated carbocycles. The van der Waals surface area contributed by atoms with Crippen molar-refractivity contribution in [2.45, 2.75) is 56.0 Å². The number of hydrogen-bond acceptors (Lipinski definition) is 5. The first-order chi connectivity index (χ1) is 11.1. The maximum absolute atomic E-state index is 10.4. The first-order valence-electron chi connectivity index (χ1n) is 8.38. The van der Waals surface area contributed by atoms with Gasteiger partial charge in [-0.25, -0.2) is 0 Å². The lowest BCUT2D eigenvalue weighted by molar-refractivity contribution is -0.104. The van der Waals surface area contributed by atoms with Crippen LogP contribution in [0.2, 0.25) is 0 Å². The number of carbonyl (C=O) groups excluding carboxylic acids is 1. The van der Waals surface area contributed by atoms with Crippen LogP contribution in [-0.4, -0.2) is 41.4 Å². The van der Waals surface area contributed by atoms with E-state index < -0.39 is 0 Å². The Morgan fingerprint density at radius 2 is 2.09 bits per heavy atom. The van der Waals surface area contributed by atoms with Gasteiger partial charge in [0, 0.05) is 19.4 Å². The Morgan fingerprint density at radius 3 is 2.74 bits per heavy atom. The third-order valence-electron chi connectivity index (χ3n) is 4.57. The molecule has 3 atom stereocenters. The molecule has 2 heterocycles. The van der Waals surface area contributed by atoms with Gasteiger partial charge in [-0.2, -0.15) is 0 Å². The van der Waals surface area contributed by atoms with Gasteiger partial charge in [-0.05, 0) is 49.3 Å². The Kier molecular flexibility index (Phi) is 7.73. The molecule has 2 rings (SSSR count). The van der Waals surface area contributed by atoms with Crippen LogP contribution in [0.25, 0.3) is 0 Å². The van der Waals surface area contributed by atoms with Crippen LogP contribution in [0.3, 0.4) is 0 Å². The highest BCUT2D eigenvalue weighted by molar-refractivity contribution is 8.18. The predicted octanol–water partition coefficient (Wildman–Crippen LogP) is 4.43. The number of carbonyl (C=O) groups is 1. The fourth-order valence-corrected chi connectivity index (χ4v) is 6.51. The number of rotatable bonds is 6. The van der Waals surface area contributed by atoms with Gasteiger partial charge in [0.25, 0.3) is 0 Å². The average molecular weight is 357 g/mol. The molecule has 0 radical (unpaired) electrons. The van der Waals surface area contributed by atoms with Crippen LogP contribution in [0.4, 0.5) is 0 Å². The minimum atomic E-state index is -0.0471. The second-order valence-electron chi connectivity index (χ2n) is 6.26. The summed E-state index contributed by atoms with van der Waals surface area (Å²) >= 11 is 3.99. The molecule has 0 N–H and O–H groups in total. The van der Waals surface area contributed by atoms with Crippen molar-refractivity contribution in [3.63, 3.8) is 0 Å². The van der Waals surface area contributed by atoms with Crippen molar-refractivity contribution in [3.8, 4) is 0 Å². The Bertz CT molecular complexity index is 442. The quantitative estimate of drug-likeness (QED) is 0.400. The third kappa shape index (κ3) is 5.12. The summed E-state index contributed by atoms with van der Waals surface area (Å²) in [5, 5.41) is 0. The zero-order chi connectivity index (χ0) is 16.7. The smallest absolute Gasteiger partial charge is 0.163 e. The summed E-state index contributed by atoms with van der Waals surface area (Å²) in [5.41, 5.74) is 1.13. The summed E-state index contributed by atoms with van der Waals surface area (Å²) in [7, 11) is 1.75. The number of hydrogen-bond donors (Lipinski definition) is 0. The van der Waals surface area contributed by atoms with Gasteiger partial charge in [0.1, 0.15) is 6.29 Å². The molecule has 0 aromatic rings. The molecule has 2 aliphatic heterocycles. The summed E-state index contributed by atoms with van der Waals surface area (Å²) in [6, 6.07) is 0. The van der Waals surface area contributed by atoms with Gasteiger partial charge in [-0.3, -0.25) is 4.79 Å². The van der Waals surface area contributed by atoms with Crippen LogP contribution in [0.5, 0.6) is 0 Å². The number of thioether (sulfide) groups is 2. The zero-order valence-electron chi connectivity index (χ0n) is 14.3. The standard InChI is InChI=1S/C18H28O3S2/c1-14(7-4-5-10-19)17(20-3)13-16-9-8-15(2)18(21-16)22-11-6-12-23-18/h4-5,7,10,15-17H,6,8-9,11-13H2,1-3H3/b5-4+,14-7+/t15-,16+,17+/m1/s1. The molecule has 0 unspecified atom stereocenters. The van der Waals surface area contributed by atoms with Crippen molar-refractivity contribution < 1.29 is 14.3 Å². The van der Waals surface area contributed by atoms with E-state index in [1.165, 1.54) is 30.4 Å². The van der Waals surface area contributed by atoms with Crippen LogP contribution in [-0.2, 0) is 14.3 Å². The molecule has 130 valence electrons. The van der Waals surface area contributed by atoms with E-state index in [4.69, 9.17) is 9.47 Å². The topological polar surface area (TPSA) is 35.5 Å². The fraction of sp³-hybridized carbons (Fsp3) is 0.722. The van der Waals surface area contributed by atoms with Crippen LogP contribution >= 0.6 is 23.5 Å². The Hall–Kier alpha value is -0.230. The van der Waals surface area contributed by atoms with Gasteiger partial charge in [-0.15, -0.1) is 23.5 Å². The maximum atomic E-state index is 10.4. The van der Waals surface area contributed by atoms with Gasteiger partial charge in [-0.1, -0.05) is 19.1 Å². The largest absolute Gasteiger partial charge is 0.377 e. The second kappa shape index (κ2) is 9.30. The molecule has 0 aromatic heterocycles. The second-order valence-corrected chi connectivity index (χ2v) is 9.13. The van der Waals surface area contributed by atoms with Crippen molar-refractivity contribution in [3.05, 3.63) is 23.8 Å². The lowest BCUT2D eigenvalue weighted by Crippen LogP contribution is -2.44. The van der Waals surface area contributed by atoms with E-state index in [1.807, 2.05) is 29.6 Å². The van der Waals surface area contributed by atoms with Gasteiger partial charge in [0.2, 0.25) is 0 Å². The van der Waals surface area contributed by atoms with Crippen LogP contribution in [0, 0.1) is 5.92 Å². The molecule has 0 aliphatic carbocycles. The Labute approximate surface area is 148 Å². The lowest BCUT2D eigenvalue weighted by atomic mass is 9.94. The molecule has 0 amide bonds. The maximum Gasteiger partial charge on any atom is 0.163 e. The first kappa shape index (κ1) is 19.1. The average Bonchev–Trinajstić information content (AvgIpc) is 2.57. The minimum Gasteiger partial charge on any atom is -0.377 e. The molecule has 23 heavy (non-hydrogen) atoms. The number of allylic oxidation sites excluding steroid dienone is 3. The van der Waals surface area contributed by atoms with Gasteiger partial charge in [0.05, 0.1) is 12.2 Å². The summed E-state index contributed by atoms with van der Waals surface area (Å²) < 4.78 is 12.2. The molecule has 0 bridgehead atoms. The summed E-state index contributed by atoms with van der Waals surface area (Å²) in [6.07, 6.45) is 10.8. The summed E-state index contributed by atoms with van der Waals surface area (Å²) in [6.45, 7) is 4.37. The van der Waals surface area contributed by atoms with Crippen molar-refractivity contribution in [2.24, 2.45) is 5.92 Å². The molecule has 2 fully saturated rings. The van der Waals surface area contributed by atoms with E-state index in [-0.39, 0.29) is 16.5 Å². The number of ether oxygens (including phenoxy) is 2. The lowest BCUT2D eigenvalue weighted by Gasteiger charge is -2.47. The summed E-state index contributed by atoms with van der Waals surface area (Å²) in [5.74, 6) is 3.00. The molecule has 3 nitrogen and oxygen atoms in total. The fourth-order valence-electron chi connectivity index (χ4n) is 3.13.